The third-order valence-corrected chi connectivity index (χ3v) is 6.39. The lowest BCUT2D eigenvalue weighted by molar-refractivity contribution is -0.128. The highest BCUT2D eigenvalue weighted by atomic mass is 35.5. The first kappa shape index (κ1) is 25.1. The van der Waals surface area contributed by atoms with E-state index < -0.39 is 0 Å². The Balaban J connectivity index is 0.00000171. The molecule has 2 unspecified atom stereocenters. The van der Waals surface area contributed by atoms with Crippen LogP contribution >= 0.6 is 24.8 Å². The average molecular weight is 465 g/mol. The summed E-state index contributed by atoms with van der Waals surface area (Å²) in [7, 11) is 0. The van der Waals surface area contributed by atoms with Crippen LogP contribution in [0.25, 0.3) is 0 Å². The van der Waals surface area contributed by atoms with Gasteiger partial charge < -0.3 is 16.4 Å². The van der Waals surface area contributed by atoms with Crippen LogP contribution in [0.2, 0.25) is 0 Å². The maximum atomic E-state index is 12.7. The zero-order valence-corrected chi connectivity index (χ0v) is 19.0. The molecule has 2 atom stereocenters. The summed E-state index contributed by atoms with van der Waals surface area (Å²) in [5.74, 6) is 1.02. The highest BCUT2D eigenvalue weighted by Gasteiger charge is 2.40. The van der Waals surface area contributed by atoms with E-state index in [9.17, 15) is 9.59 Å². The van der Waals surface area contributed by atoms with E-state index in [1.54, 1.807) is 36.7 Å². The summed E-state index contributed by atoms with van der Waals surface area (Å²) in [6.45, 7) is 0.473. The smallest absolute Gasteiger partial charge is 0.255 e. The summed E-state index contributed by atoms with van der Waals surface area (Å²) >= 11 is 0. The summed E-state index contributed by atoms with van der Waals surface area (Å²) in [5.41, 5.74) is 8.53. The highest BCUT2D eigenvalue weighted by molar-refractivity contribution is 6.04. The molecule has 0 spiro atoms. The fourth-order valence-electron chi connectivity index (χ4n) is 4.75. The molecular weight excluding hydrogens is 435 g/mol. The maximum Gasteiger partial charge on any atom is 0.255 e. The molecule has 1 aromatic carbocycles. The summed E-state index contributed by atoms with van der Waals surface area (Å²) in [4.78, 5) is 29.0. The van der Waals surface area contributed by atoms with Crippen molar-refractivity contribution in [1.29, 1.82) is 0 Å². The molecule has 0 saturated heterocycles. The standard InChI is InChI=1S/C23H28N4O2.2ClH/c24-21-17-3-1-4-18(21)12-19(11-17)22(28)26-13-15-6-8-16(9-7-15)23(29)27-20-5-2-10-25-14-20;;/h2,5-10,14,17-19,21H,1,3-4,11-13,24H2,(H,26,28)(H,27,29);2*1H. The predicted octanol–water partition coefficient (Wildman–Crippen LogP) is 3.95. The van der Waals surface area contributed by atoms with Crippen LogP contribution in [0, 0.1) is 17.8 Å². The molecule has 0 aliphatic heterocycles. The number of nitrogens with one attached hydrogen (secondary N) is 2. The molecule has 168 valence electrons. The number of halogens is 2. The highest BCUT2D eigenvalue weighted by Crippen LogP contribution is 2.41. The number of nitrogens with two attached hydrogens (primary N) is 1. The number of carbonyl (C=O) groups excluding carboxylic acids is 2. The number of pyridine rings is 1. The van der Waals surface area contributed by atoms with Crippen molar-refractivity contribution in [3.63, 3.8) is 0 Å². The third kappa shape index (κ3) is 6.19. The Hall–Kier alpha value is -2.15. The van der Waals surface area contributed by atoms with Gasteiger partial charge in [-0.15, -0.1) is 24.8 Å². The second-order valence-corrected chi connectivity index (χ2v) is 8.31. The molecule has 2 fully saturated rings. The van der Waals surface area contributed by atoms with Gasteiger partial charge in [0.15, 0.2) is 0 Å². The zero-order valence-electron chi connectivity index (χ0n) is 17.3. The minimum absolute atomic E-state index is 0. The van der Waals surface area contributed by atoms with Gasteiger partial charge in [0.1, 0.15) is 0 Å². The SMILES string of the molecule is Cl.Cl.NC1C2CCCC1CC(C(=O)NCc1ccc(C(=O)Nc3cccnc3)cc1)C2. The second-order valence-electron chi connectivity index (χ2n) is 8.31. The molecule has 1 aromatic heterocycles. The molecule has 4 rings (SSSR count). The first-order valence-electron chi connectivity index (χ1n) is 10.4. The third-order valence-electron chi connectivity index (χ3n) is 6.39. The van der Waals surface area contributed by atoms with E-state index in [1.807, 2.05) is 12.1 Å². The Morgan fingerprint density at radius 1 is 1.03 bits per heavy atom. The Bertz CT molecular complexity index is 850. The molecule has 2 aromatic rings. The minimum atomic E-state index is -0.182. The van der Waals surface area contributed by atoms with Gasteiger partial charge in [-0.05, 0) is 67.3 Å². The van der Waals surface area contributed by atoms with Gasteiger partial charge in [0, 0.05) is 30.3 Å². The molecular formula is C23H30Cl2N4O2. The van der Waals surface area contributed by atoms with Gasteiger partial charge in [0.2, 0.25) is 5.91 Å². The van der Waals surface area contributed by atoms with Gasteiger partial charge in [-0.1, -0.05) is 18.6 Å². The quantitative estimate of drug-likeness (QED) is 0.623. The lowest BCUT2D eigenvalue weighted by atomic mass is 9.65. The van der Waals surface area contributed by atoms with Gasteiger partial charge >= 0.3 is 0 Å². The lowest BCUT2D eigenvalue weighted by Crippen LogP contribution is -2.49. The minimum Gasteiger partial charge on any atom is -0.352 e. The van der Waals surface area contributed by atoms with Gasteiger partial charge in [0.25, 0.3) is 5.91 Å². The van der Waals surface area contributed by atoms with Crippen molar-refractivity contribution in [3.8, 4) is 0 Å². The topological polar surface area (TPSA) is 97.1 Å². The average Bonchev–Trinajstić information content (AvgIpc) is 2.73. The van der Waals surface area contributed by atoms with Gasteiger partial charge in [-0.2, -0.15) is 0 Å². The Kier molecular flexibility index (Phi) is 9.29. The van der Waals surface area contributed by atoms with Crippen molar-refractivity contribution < 1.29 is 9.59 Å². The lowest BCUT2D eigenvalue weighted by Gasteiger charge is -2.43. The molecule has 2 saturated carbocycles. The molecule has 2 aliphatic rings. The van der Waals surface area contributed by atoms with E-state index in [2.05, 4.69) is 15.6 Å². The first-order chi connectivity index (χ1) is 14.1. The molecule has 8 heteroatoms. The predicted molar refractivity (Wildman–Crippen MR) is 127 cm³/mol. The van der Waals surface area contributed by atoms with Crippen LogP contribution in [-0.4, -0.2) is 22.8 Å². The molecule has 6 nitrogen and oxygen atoms in total. The number of amides is 2. The molecule has 2 aliphatic carbocycles. The van der Waals surface area contributed by atoms with Crippen LogP contribution in [0.15, 0.2) is 48.8 Å². The molecule has 2 amide bonds. The molecule has 0 radical (unpaired) electrons. The number of benzene rings is 1. The number of hydrogen-bond acceptors (Lipinski definition) is 4. The van der Waals surface area contributed by atoms with E-state index in [4.69, 9.17) is 5.73 Å². The number of rotatable bonds is 5. The number of hydrogen-bond donors (Lipinski definition) is 3. The fourth-order valence-corrected chi connectivity index (χ4v) is 4.75. The monoisotopic (exact) mass is 464 g/mol. The molecule has 2 bridgehead atoms. The summed E-state index contributed by atoms with van der Waals surface area (Å²) in [6, 6.07) is 11.1. The van der Waals surface area contributed by atoms with Gasteiger partial charge in [-0.25, -0.2) is 0 Å². The van der Waals surface area contributed by atoms with E-state index >= 15 is 0 Å². The number of aromatic nitrogens is 1. The Morgan fingerprint density at radius 3 is 2.32 bits per heavy atom. The molecule has 31 heavy (non-hydrogen) atoms. The number of fused-ring (bicyclic) bond motifs is 2. The number of carbonyl (C=O) groups is 2. The number of nitrogens with zero attached hydrogens (tertiary/aromatic N) is 1. The van der Waals surface area contributed by atoms with Crippen molar-refractivity contribution in [1.82, 2.24) is 10.3 Å². The Morgan fingerprint density at radius 2 is 1.71 bits per heavy atom. The van der Waals surface area contributed by atoms with Crippen LogP contribution < -0.4 is 16.4 Å². The zero-order chi connectivity index (χ0) is 20.2. The van der Waals surface area contributed by atoms with E-state index in [-0.39, 0.29) is 48.6 Å². The van der Waals surface area contributed by atoms with E-state index in [0.29, 0.717) is 29.6 Å². The normalized spacial score (nSPS) is 24.2. The summed E-state index contributed by atoms with van der Waals surface area (Å²) < 4.78 is 0. The van der Waals surface area contributed by atoms with Crippen LogP contribution in [0.3, 0.4) is 0 Å². The van der Waals surface area contributed by atoms with Gasteiger partial charge in [-0.3, -0.25) is 14.6 Å². The summed E-state index contributed by atoms with van der Waals surface area (Å²) in [5, 5.41) is 5.89. The van der Waals surface area contributed by atoms with Crippen LogP contribution in [0.4, 0.5) is 5.69 Å². The van der Waals surface area contributed by atoms with Crippen molar-refractivity contribution in [2.45, 2.75) is 44.7 Å². The van der Waals surface area contributed by atoms with Gasteiger partial charge in [0.05, 0.1) is 11.9 Å². The van der Waals surface area contributed by atoms with Crippen molar-refractivity contribution in [2.75, 3.05) is 5.32 Å². The van der Waals surface area contributed by atoms with E-state index in [0.717, 1.165) is 31.2 Å². The van der Waals surface area contributed by atoms with Crippen LogP contribution in [0.1, 0.15) is 48.0 Å². The fraction of sp³-hybridized carbons (Fsp3) is 0.435. The maximum absolute atomic E-state index is 12.7. The number of anilines is 1. The van der Waals surface area contributed by atoms with Crippen LogP contribution in [0.5, 0.6) is 0 Å². The van der Waals surface area contributed by atoms with Crippen molar-refractivity contribution >= 4 is 42.3 Å². The van der Waals surface area contributed by atoms with E-state index in [1.165, 1.54) is 6.42 Å². The van der Waals surface area contributed by atoms with Crippen molar-refractivity contribution in [2.24, 2.45) is 23.5 Å². The largest absolute Gasteiger partial charge is 0.352 e. The Labute approximate surface area is 195 Å². The second kappa shape index (κ2) is 11.5. The first-order valence-corrected chi connectivity index (χ1v) is 10.4. The van der Waals surface area contributed by atoms with Crippen molar-refractivity contribution in [3.05, 3.63) is 59.9 Å². The van der Waals surface area contributed by atoms with Crippen LogP contribution in [-0.2, 0) is 11.3 Å². The molecule has 1 heterocycles. The summed E-state index contributed by atoms with van der Waals surface area (Å²) in [6.07, 6.45) is 8.65. The molecule has 4 N–H and O–H groups in total.